The Kier molecular flexibility index (Phi) is 5.94. The number of pyridine rings is 1. The number of amides is 1. The van der Waals surface area contributed by atoms with E-state index in [1.165, 1.54) is 23.1 Å². The molecule has 0 aliphatic rings. The number of carbonyl (C=O) groups is 1. The minimum absolute atomic E-state index is 0.143. The van der Waals surface area contributed by atoms with Crippen LogP contribution in [0.2, 0.25) is 0 Å². The van der Waals surface area contributed by atoms with E-state index in [1.54, 1.807) is 12.4 Å². The first-order chi connectivity index (χ1) is 12.5. The van der Waals surface area contributed by atoms with Crippen LogP contribution >= 0.6 is 23.1 Å². The standard InChI is InChI=1S/C16H19N7OS2/c1-10(2)8-13-19-21-15(26-13)18-12(24)9-25-16-22-20-14(23(16)3)11-4-6-17-7-5-11/h4-7,10H,8-9H2,1-3H3,(H,18,21,24). The van der Waals surface area contributed by atoms with Crippen molar-refractivity contribution in [1.29, 1.82) is 0 Å². The van der Waals surface area contributed by atoms with E-state index in [0.717, 1.165) is 22.8 Å². The van der Waals surface area contributed by atoms with Crippen LogP contribution in [0.1, 0.15) is 18.9 Å². The first-order valence-corrected chi connectivity index (χ1v) is 9.88. The Bertz CT molecular complexity index is 876. The molecule has 3 aromatic rings. The fraction of sp³-hybridized carbons (Fsp3) is 0.375. The van der Waals surface area contributed by atoms with Crippen molar-refractivity contribution in [1.82, 2.24) is 29.9 Å². The molecule has 0 aliphatic carbocycles. The van der Waals surface area contributed by atoms with Gasteiger partial charge in [-0.3, -0.25) is 15.1 Å². The number of anilines is 1. The van der Waals surface area contributed by atoms with Crippen LogP contribution in [0, 0.1) is 5.92 Å². The zero-order valence-electron chi connectivity index (χ0n) is 14.7. The zero-order valence-corrected chi connectivity index (χ0v) is 16.3. The molecule has 0 aromatic carbocycles. The van der Waals surface area contributed by atoms with Gasteiger partial charge in [0, 0.05) is 31.4 Å². The predicted molar refractivity (Wildman–Crippen MR) is 102 cm³/mol. The molecule has 0 saturated carbocycles. The molecule has 0 unspecified atom stereocenters. The van der Waals surface area contributed by atoms with Gasteiger partial charge in [-0.05, 0) is 18.1 Å². The highest BCUT2D eigenvalue weighted by atomic mass is 32.2. The van der Waals surface area contributed by atoms with Crippen molar-refractivity contribution >= 4 is 34.1 Å². The number of hydrogen-bond acceptors (Lipinski definition) is 8. The van der Waals surface area contributed by atoms with Gasteiger partial charge in [-0.2, -0.15) is 0 Å². The first-order valence-electron chi connectivity index (χ1n) is 8.07. The number of carbonyl (C=O) groups excluding carboxylic acids is 1. The number of hydrogen-bond donors (Lipinski definition) is 1. The van der Waals surface area contributed by atoms with Crippen molar-refractivity contribution in [3.63, 3.8) is 0 Å². The third-order valence-corrected chi connectivity index (χ3v) is 5.28. The van der Waals surface area contributed by atoms with E-state index in [4.69, 9.17) is 0 Å². The van der Waals surface area contributed by atoms with E-state index in [1.807, 2.05) is 23.7 Å². The van der Waals surface area contributed by atoms with Crippen molar-refractivity contribution in [2.75, 3.05) is 11.1 Å². The highest BCUT2D eigenvalue weighted by Gasteiger charge is 2.14. The number of rotatable bonds is 7. The van der Waals surface area contributed by atoms with Crippen LogP contribution in [0.4, 0.5) is 5.13 Å². The second-order valence-electron chi connectivity index (χ2n) is 6.04. The summed E-state index contributed by atoms with van der Waals surface area (Å²) < 4.78 is 1.86. The average molecular weight is 390 g/mol. The van der Waals surface area contributed by atoms with Crippen LogP contribution in [0.3, 0.4) is 0 Å². The molecule has 136 valence electrons. The van der Waals surface area contributed by atoms with Crippen LogP contribution in [0.25, 0.3) is 11.4 Å². The summed E-state index contributed by atoms with van der Waals surface area (Å²) in [7, 11) is 1.87. The van der Waals surface area contributed by atoms with Crippen LogP contribution < -0.4 is 5.32 Å². The molecular weight excluding hydrogens is 370 g/mol. The largest absolute Gasteiger partial charge is 0.305 e. The molecule has 3 heterocycles. The molecule has 8 nitrogen and oxygen atoms in total. The van der Waals surface area contributed by atoms with Gasteiger partial charge in [0.25, 0.3) is 0 Å². The summed E-state index contributed by atoms with van der Waals surface area (Å²) in [5.74, 6) is 1.32. The summed E-state index contributed by atoms with van der Waals surface area (Å²) in [5, 5.41) is 21.4. The Morgan fingerprint density at radius 1 is 1.23 bits per heavy atom. The maximum Gasteiger partial charge on any atom is 0.236 e. The van der Waals surface area contributed by atoms with Crippen molar-refractivity contribution in [3.05, 3.63) is 29.5 Å². The van der Waals surface area contributed by atoms with Crippen LogP contribution in [0.15, 0.2) is 29.7 Å². The Labute approximate surface area is 159 Å². The zero-order chi connectivity index (χ0) is 18.5. The predicted octanol–water partition coefficient (Wildman–Crippen LogP) is 2.66. The quantitative estimate of drug-likeness (QED) is 0.620. The lowest BCUT2D eigenvalue weighted by Gasteiger charge is -2.03. The molecule has 1 N–H and O–H groups in total. The maximum atomic E-state index is 12.1. The summed E-state index contributed by atoms with van der Waals surface area (Å²) in [6, 6.07) is 3.74. The van der Waals surface area contributed by atoms with E-state index >= 15 is 0 Å². The third kappa shape index (κ3) is 4.64. The molecule has 0 spiro atoms. The first kappa shape index (κ1) is 18.5. The van der Waals surface area contributed by atoms with Crippen molar-refractivity contribution in [2.45, 2.75) is 25.4 Å². The lowest BCUT2D eigenvalue weighted by molar-refractivity contribution is -0.113. The molecular formula is C16H19N7OS2. The van der Waals surface area contributed by atoms with Gasteiger partial charge >= 0.3 is 0 Å². The lowest BCUT2D eigenvalue weighted by Crippen LogP contribution is -2.14. The molecule has 26 heavy (non-hydrogen) atoms. The van der Waals surface area contributed by atoms with Gasteiger partial charge < -0.3 is 4.57 Å². The lowest BCUT2D eigenvalue weighted by atomic mass is 10.1. The Morgan fingerprint density at radius 3 is 2.73 bits per heavy atom. The number of nitrogens with one attached hydrogen (secondary N) is 1. The molecule has 3 rings (SSSR count). The van der Waals surface area contributed by atoms with Gasteiger partial charge in [-0.25, -0.2) is 0 Å². The van der Waals surface area contributed by atoms with E-state index in [2.05, 4.69) is 44.5 Å². The number of nitrogens with zero attached hydrogens (tertiary/aromatic N) is 6. The summed E-state index contributed by atoms with van der Waals surface area (Å²) >= 11 is 2.74. The van der Waals surface area contributed by atoms with Crippen molar-refractivity contribution in [2.24, 2.45) is 13.0 Å². The van der Waals surface area contributed by atoms with Crippen molar-refractivity contribution in [3.8, 4) is 11.4 Å². The van der Waals surface area contributed by atoms with Gasteiger partial charge in [-0.1, -0.05) is 36.9 Å². The highest BCUT2D eigenvalue weighted by Crippen LogP contribution is 2.23. The Morgan fingerprint density at radius 2 is 2.00 bits per heavy atom. The van der Waals surface area contributed by atoms with E-state index in [9.17, 15) is 4.79 Å². The summed E-state index contributed by atoms with van der Waals surface area (Å²) in [5.41, 5.74) is 0.929. The molecule has 3 aromatic heterocycles. The smallest absolute Gasteiger partial charge is 0.236 e. The molecule has 0 radical (unpaired) electrons. The molecule has 0 saturated heterocycles. The summed E-state index contributed by atoms with van der Waals surface area (Å²) in [6.07, 6.45) is 4.28. The average Bonchev–Trinajstić information content (AvgIpc) is 3.20. The Hall–Kier alpha value is -2.33. The van der Waals surface area contributed by atoms with Crippen LogP contribution in [0.5, 0.6) is 0 Å². The second kappa shape index (κ2) is 8.37. The van der Waals surface area contributed by atoms with E-state index < -0.39 is 0 Å². The van der Waals surface area contributed by atoms with Crippen LogP contribution in [-0.4, -0.2) is 41.6 Å². The number of thioether (sulfide) groups is 1. The molecule has 1 amide bonds. The Balaban J connectivity index is 1.57. The topological polar surface area (TPSA) is 98.5 Å². The summed E-state index contributed by atoms with van der Waals surface area (Å²) in [6.45, 7) is 4.24. The monoisotopic (exact) mass is 389 g/mol. The number of aromatic nitrogens is 6. The SMILES string of the molecule is CC(C)Cc1nnc(NC(=O)CSc2nnc(-c3ccncc3)n2C)s1. The highest BCUT2D eigenvalue weighted by molar-refractivity contribution is 7.99. The molecule has 10 heteroatoms. The fourth-order valence-electron chi connectivity index (χ4n) is 2.21. The van der Waals surface area contributed by atoms with Gasteiger partial charge in [0.1, 0.15) is 5.01 Å². The fourth-order valence-corrected chi connectivity index (χ4v) is 3.89. The molecule has 0 fully saturated rings. The maximum absolute atomic E-state index is 12.1. The van der Waals surface area contributed by atoms with Crippen LogP contribution in [-0.2, 0) is 18.3 Å². The van der Waals surface area contributed by atoms with Gasteiger partial charge in [0.05, 0.1) is 5.75 Å². The minimum Gasteiger partial charge on any atom is -0.305 e. The normalized spacial score (nSPS) is 11.1. The molecule has 0 bridgehead atoms. The van der Waals surface area contributed by atoms with Gasteiger partial charge in [0.2, 0.25) is 11.0 Å². The second-order valence-corrected chi connectivity index (χ2v) is 8.04. The van der Waals surface area contributed by atoms with Gasteiger partial charge in [-0.15, -0.1) is 20.4 Å². The minimum atomic E-state index is -0.143. The van der Waals surface area contributed by atoms with E-state index in [0.29, 0.717) is 16.2 Å². The molecule has 0 atom stereocenters. The van der Waals surface area contributed by atoms with Crippen molar-refractivity contribution < 1.29 is 4.79 Å². The van der Waals surface area contributed by atoms with E-state index in [-0.39, 0.29) is 11.7 Å². The van der Waals surface area contributed by atoms with Gasteiger partial charge in [0.15, 0.2) is 11.0 Å². The molecule has 0 aliphatic heterocycles. The third-order valence-electron chi connectivity index (χ3n) is 3.40. The summed E-state index contributed by atoms with van der Waals surface area (Å²) in [4.78, 5) is 16.1.